The minimum Gasteiger partial charge on any atom is -0.454 e. The van der Waals surface area contributed by atoms with Gasteiger partial charge in [-0.05, 0) is 50.1 Å². The van der Waals surface area contributed by atoms with E-state index in [0.717, 1.165) is 5.56 Å². The van der Waals surface area contributed by atoms with E-state index >= 15 is 0 Å². The van der Waals surface area contributed by atoms with Gasteiger partial charge in [0.25, 0.3) is 0 Å². The lowest BCUT2D eigenvalue weighted by Gasteiger charge is -2.09. The predicted octanol–water partition coefficient (Wildman–Crippen LogP) is 3.35. The molecule has 9 heteroatoms. The Morgan fingerprint density at radius 1 is 1.00 bits per heavy atom. The van der Waals surface area contributed by atoms with Crippen molar-refractivity contribution in [3.8, 4) is 0 Å². The molecule has 0 aliphatic rings. The Balaban J connectivity index is 1.68. The zero-order valence-corrected chi connectivity index (χ0v) is 19.3. The van der Waals surface area contributed by atoms with Crippen molar-refractivity contribution in [2.75, 3.05) is 6.61 Å². The van der Waals surface area contributed by atoms with Crippen LogP contribution >= 0.6 is 0 Å². The first-order valence-electron chi connectivity index (χ1n) is 10.1. The Labute approximate surface area is 192 Å². The fraction of sp³-hybridized carbons (Fsp3) is 0.208. The van der Waals surface area contributed by atoms with Gasteiger partial charge in [0.1, 0.15) is 0 Å². The fourth-order valence-corrected chi connectivity index (χ4v) is 4.55. The molecule has 0 spiro atoms. The Kier molecular flexibility index (Phi) is 7.25. The average molecular weight is 469 g/mol. The maximum absolute atomic E-state index is 12.6. The van der Waals surface area contributed by atoms with Crippen molar-refractivity contribution in [1.29, 1.82) is 0 Å². The number of carbonyl (C=O) groups is 3. The zero-order chi connectivity index (χ0) is 24.2. The van der Waals surface area contributed by atoms with Crippen LogP contribution in [0.3, 0.4) is 0 Å². The van der Waals surface area contributed by atoms with Crippen LogP contribution in [0.15, 0.2) is 59.5 Å². The second-order valence-electron chi connectivity index (χ2n) is 7.52. The third-order valence-electron chi connectivity index (χ3n) is 5.09. The minimum absolute atomic E-state index is 0.00537. The molecule has 0 aliphatic carbocycles. The Hall–Kier alpha value is -3.56. The van der Waals surface area contributed by atoms with Crippen LogP contribution in [-0.4, -0.2) is 37.5 Å². The van der Waals surface area contributed by atoms with Crippen LogP contribution < -0.4 is 4.72 Å². The standard InChI is InChI=1S/C24H24N2O6S/c1-15-22(17(3)27)16(2)26-23(15)21(28)14-32-24(29)19-10-7-11-20(12-19)33(30,31)25-13-18-8-5-4-6-9-18/h4-12,25-26H,13-14H2,1-3H3. The van der Waals surface area contributed by atoms with Crippen molar-refractivity contribution in [1.82, 2.24) is 9.71 Å². The van der Waals surface area contributed by atoms with Gasteiger partial charge in [0.05, 0.1) is 16.2 Å². The van der Waals surface area contributed by atoms with Crippen molar-refractivity contribution < 1.29 is 27.5 Å². The summed E-state index contributed by atoms with van der Waals surface area (Å²) in [5, 5.41) is 0. The SMILES string of the molecule is CC(=O)c1c(C)[nH]c(C(=O)COC(=O)c2cccc(S(=O)(=O)NCc3ccccc3)c2)c1C. The van der Waals surface area contributed by atoms with Gasteiger partial charge >= 0.3 is 5.97 Å². The van der Waals surface area contributed by atoms with E-state index in [1.807, 2.05) is 6.07 Å². The van der Waals surface area contributed by atoms with Crippen LogP contribution in [0, 0.1) is 13.8 Å². The van der Waals surface area contributed by atoms with Crippen LogP contribution in [0.1, 0.15) is 54.9 Å². The summed E-state index contributed by atoms with van der Waals surface area (Å²) in [5.74, 6) is -1.50. The molecule has 0 radical (unpaired) electrons. The number of benzene rings is 2. The first-order chi connectivity index (χ1) is 15.6. The number of Topliss-reactive ketones (excluding diaryl/α,β-unsaturated/α-hetero) is 2. The molecule has 8 nitrogen and oxygen atoms in total. The Morgan fingerprint density at radius 3 is 2.33 bits per heavy atom. The molecule has 0 atom stereocenters. The number of sulfonamides is 1. The van der Waals surface area contributed by atoms with Gasteiger partial charge in [-0.3, -0.25) is 9.59 Å². The van der Waals surface area contributed by atoms with Gasteiger partial charge < -0.3 is 9.72 Å². The second-order valence-corrected chi connectivity index (χ2v) is 9.29. The van der Waals surface area contributed by atoms with E-state index in [1.54, 1.807) is 38.1 Å². The molecule has 0 saturated carbocycles. The van der Waals surface area contributed by atoms with E-state index in [4.69, 9.17) is 4.74 Å². The van der Waals surface area contributed by atoms with E-state index in [1.165, 1.54) is 31.2 Å². The fourth-order valence-electron chi connectivity index (χ4n) is 3.49. The summed E-state index contributed by atoms with van der Waals surface area (Å²) in [6.45, 7) is 4.29. The van der Waals surface area contributed by atoms with Gasteiger partial charge in [0, 0.05) is 17.8 Å². The van der Waals surface area contributed by atoms with Crippen molar-refractivity contribution >= 4 is 27.6 Å². The molecule has 1 heterocycles. The smallest absolute Gasteiger partial charge is 0.338 e. The normalized spacial score (nSPS) is 11.2. The highest BCUT2D eigenvalue weighted by Crippen LogP contribution is 2.19. The molecule has 172 valence electrons. The topological polar surface area (TPSA) is 122 Å². The van der Waals surface area contributed by atoms with Crippen LogP contribution in [0.4, 0.5) is 0 Å². The zero-order valence-electron chi connectivity index (χ0n) is 18.5. The number of ether oxygens (including phenoxy) is 1. The number of aromatic amines is 1. The molecule has 3 rings (SSSR count). The predicted molar refractivity (Wildman–Crippen MR) is 122 cm³/mol. The van der Waals surface area contributed by atoms with E-state index in [9.17, 15) is 22.8 Å². The largest absolute Gasteiger partial charge is 0.454 e. The van der Waals surface area contributed by atoms with Gasteiger partial charge in [-0.25, -0.2) is 17.9 Å². The molecule has 0 unspecified atom stereocenters. The lowest BCUT2D eigenvalue weighted by molar-refractivity contribution is 0.0473. The summed E-state index contributed by atoms with van der Waals surface area (Å²) < 4.78 is 32.8. The molecule has 33 heavy (non-hydrogen) atoms. The number of aromatic nitrogens is 1. The molecule has 2 N–H and O–H groups in total. The lowest BCUT2D eigenvalue weighted by atomic mass is 10.1. The molecule has 1 aromatic heterocycles. The molecule has 0 fully saturated rings. The van der Waals surface area contributed by atoms with Crippen LogP contribution in [-0.2, 0) is 21.3 Å². The number of hydrogen-bond donors (Lipinski definition) is 2. The molecule has 0 aliphatic heterocycles. The summed E-state index contributed by atoms with van der Waals surface area (Å²) in [4.78, 5) is 39.5. The minimum atomic E-state index is -3.87. The summed E-state index contributed by atoms with van der Waals surface area (Å²) in [6.07, 6.45) is 0. The number of esters is 1. The summed E-state index contributed by atoms with van der Waals surface area (Å²) >= 11 is 0. The first-order valence-corrected chi connectivity index (χ1v) is 11.6. The van der Waals surface area contributed by atoms with Gasteiger partial charge in [-0.15, -0.1) is 0 Å². The van der Waals surface area contributed by atoms with Gasteiger partial charge in [-0.2, -0.15) is 0 Å². The van der Waals surface area contributed by atoms with Gasteiger partial charge in [-0.1, -0.05) is 36.4 Å². The van der Waals surface area contributed by atoms with E-state index in [2.05, 4.69) is 9.71 Å². The number of nitrogens with one attached hydrogen (secondary N) is 2. The number of carbonyl (C=O) groups excluding carboxylic acids is 3. The summed E-state index contributed by atoms with van der Waals surface area (Å²) in [5.41, 5.74) is 2.49. The highest BCUT2D eigenvalue weighted by molar-refractivity contribution is 7.89. The molecule has 0 bridgehead atoms. The maximum atomic E-state index is 12.6. The molecule has 0 amide bonds. The summed E-state index contributed by atoms with van der Waals surface area (Å²) in [6, 6.07) is 14.4. The second kappa shape index (κ2) is 9.93. The monoisotopic (exact) mass is 468 g/mol. The highest BCUT2D eigenvalue weighted by Gasteiger charge is 2.22. The quantitative estimate of drug-likeness (QED) is 0.367. The maximum Gasteiger partial charge on any atom is 0.338 e. The van der Waals surface area contributed by atoms with E-state index in [0.29, 0.717) is 16.8 Å². The van der Waals surface area contributed by atoms with Crippen molar-refractivity contribution in [2.24, 2.45) is 0 Å². The van der Waals surface area contributed by atoms with Crippen LogP contribution in [0.2, 0.25) is 0 Å². The molecular formula is C24H24N2O6S. The van der Waals surface area contributed by atoms with Crippen molar-refractivity contribution in [3.05, 3.63) is 88.2 Å². The molecular weight excluding hydrogens is 444 g/mol. The number of H-pyrrole nitrogens is 1. The first kappa shape index (κ1) is 24.1. The number of aryl methyl sites for hydroxylation is 1. The number of hydrogen-bond acceptors (Lipinski definition) is 6. The van der Waals surface area contributed by atoms with Crippen molar-refractivity contribution in [3.63, 3.8) is 0 Å². The molecule has 3 aromatic rings. The average Bonchev–Trinajstić information content (AvgIpc) is 3.10. The van der Waals surface area contributed by atoms with Crippen LogP contribution in [0.5, 0.6) is 0 Å². The van der Waals surface area contributed by atoms with E-state index < -0.39 is 28.4 Å². The summed E-state index contributed by atoms with van der Waals surface area (Å²) in [7, 11) is -3.87. The number of ketones is 2. The number of rotatable bonds is 9. The Bertz CT molecular complexity index is 1310. The van der Waals surface area contributed by atoms with Crippen LogP contribution in [0.25, 0.3) is 0 Å². The van der Waals surface area contributed by atoms with E-state index in [-0.39, 0.29) is 28.5 Å². The van der Waals surface area contributed by atoms with Gasteiger partial charge in [0.15, 0.2) is 12.4 Å². The third kappa shape index (κ3) is 5.63. The lowest BCUT2D eigenvalue weighted by Crippen LogP contribution is -2.23. The third-order valence-corrected chi connectivity index (χ3v) is 6.49. The highest BCUT2D eigenvalue weighted by atomic mass is 32.2. The molecule has 2 aromatic carbocycles. The molecule has 0 saturated heterocycles. The van der Waals surface area contributed by atoms with Crippen molar-refractivity contribution in [2.45, 2.75) is 32.2 Å². The van der Waals surface area contributed by atoms with Gasteiger partial charge in [0.2, 0.25) is 15.8 Å². The Morgan fingerprint density at radius 2 is 1.70 bits per heavy atom.